The van der Waals surface area contributed by atoms with E-state index in [1.165, 1.54) is 0 Å². The van der Waals surface area contributed by atoms with Gasteiger partial charge in [0, 0.05) is 36.0 Å². The second-order valence-electron chi connectivity index (χ2n) is 7.14. The van der Waals surface area contributed by atoms with Gasteiger partial charge in [-0.1, -0.05) is 41.6 Å². The number of anilines is 1. The third-order valence-corrected chi connectivity index (χ3v) is 6.28. The average Bonchev–Trinajstić information content (AvgIpc) is 3.11. The molecule has 1 unspecified atom stereocenters. The van der Waals surface area contributed by atoms with Crippen molar-refractivity contribution in [3.63, 3.8) is 0 Å². The van der Waals surface area contributed by atoms with Crippen molar-refractivity contribution in [2.24, 2.45) is 4.99 Å². The molecule has 1 amide bonds. The van der Waals surface area contributed by atoms with E-state index in [-0.39, 0.29) is 11.9 Å². The van der Waals surface area contributed by atoms with Crippen molar-refractivity contribution < 1.29 is 9.53 Å². The van der Waals surface area contributed by atoms with Crippen LogP contribution in [0.3, 0.4) is 0 Å². The predicted molar refractivity (Wildman–Crippen MR) is 129 cm³/mol. The Balaban J connectivity index is 1.34. The third-order valence-electron chi connectivity index (χ3n) is 4.84. The van der Waals surface area contributed by atoms with Crippen molar-refractivity contribution in [3.05, 3.63) is 83.9 Å². The zero-order valence-electron chi connectivity index (χ0n) is 17.0. The first kappa shape index (κ1) is 21.3. The molecular weight excluding hydrogens is 430 g/mol. The highest BCUT2D eigenvalue weighted by molar-refractivity contribution is 8.14. The fourth-order valence-electron chi connectivity index (χ4n) is 3.13. The van der Waals surface area contributed by atoms with Crippen LogP contribution in [0.4, 0.5) is 11.4 Å². The van der Waals surface area contributed by atoms with Gasteiger partial charge in [-0.3, -0.25) is 4.79 Å². The lowest BCUT2D eigenvalue weighted by Gasteiger charge is -2.20. The highest BCUT2D eigenvalue weighted by atomic mass is 35.5. The molecule has 0 saturated carbocycles. The molecule has 3 aromatic rings. The number of para-hydroxylation sites is 1. The number of amides is 1. The van der Waals surface area contributed by atoms with Crippen molar-refractivity contribution in [1.82, 2.24) is 4.90 Å². The number of carbonyl (C=O) groups is 1. The molecule has 7 heteroatoms. The van der Waals surface area contributed by atoms with Crippen LogP contribution in [0.2, 0.25) is 5.02 Å². The van der Waals surface area contributed by atoms with E-state index in [0.717, 1.165) is 33.8 Å². The molecule has 1 N–H and O–H groups in total. The number of carbonyl (C=O) groups excluding carboxylic acids is 1. The molecule has 31 heavy (non-hydrogen) atoms. The summed E-state index contributed by atoms with van der Waals surface area (Å²) in [6.45, 7) is 0. The van der Waals surface area contributed by atoms with Crippen LogP contribution in [0.1, 0.15) is 6.42 Å². The van der Waals surface area contributed by atoms with Crippen LogP contribution in [0.5, 0.6) is 11.5 Å². The van der Waals surface area contributed by atoms with Crippen molar-refractivity contribution in [3.8, 4) is 11.5 Å². The standard InChI is InChI=1S/C24H22ClN3O2S/c1-28-20(15-23(29)26-18-9-7-17(25)8-10-18)16-31-24(28)27-19-11-13-22(14-12-19)30-21-5-3-2-4-6-21/h2-14,20H,15-16H2,1H3,(H,26,29). The Bertz CT molecular complexity index is 1060. The smallest absolute Gasteiger partial charge is 0.226 e. The quantitative estimate of drug-likeness (QED) is 0.485. The Morgan fingerprint density at radius 1 is 1.06 bits per heavy atom. The predicted octanol–water partition coefficient (Wildman–Crippen LogP) is 6.20. The number of ether oxygens (including phenoxy) is 1. The molecule has 1 saturated heterocycles. The van der Waals surface area contributed by atoms with Gasteiger partial charge in [-0.15, -0.1) is 0 Å². The third kappa shape index (κ3) is 5.81. The van der Waals surface area contributed by atoms with Gasteiger partial charge in [0.1, 0.15) is 11.5 Å². The zero-order chi connectivity index (χ0) is 21.6. The fourth-order valence-corrected chi connectivity index (χ4v) is 4.46. The van der Waals surface area contributed by atoms with Gasteiger partial charge in [-0.05, 0) is 60.7 Å². The van der Waals surface area contributed by atoms with E-state index in [1.807, 2.05) is 61.6 Å². The summed E-state index contributed by atoms with van der Waals surface area (Å²) in [6, 6.07) is 24.6. The van der Waals surface area contributed by atoms with Gasteiger partial charge in [0.05, 0.1) is 5.69 Å². The maximum Gasteiger partial charge on any atom is 0.226 e. The maximum atomic E-state index is 12.4. The number of thioether (sulfide) groups is 1. The largest absolute Gasteiger partial charge is 0.457 e. The number of hydrogen-bond acceptors (Lipinski definition) is 4. The molecule has 1 aliphatic heterocycles. The van der Waals surface area contributed by atoms with Gasteiger partial charge in [-0.2, -0.15) is 0 Å². The summed E-state index contributed by atoms with van der Waals surface area (Å²) in [4.78, 5) is 19.2. The summed E-state index contributed by atoms with van der Waals surface area (Å²) in [5, 5.41) is 4.47. The first-order chi connectivity index (χ1) is 15.1. The summed E-state index contributed by atoms with van der Waals surface area (Å²) < 4.78 is 5.82. The minimum atomic E-state index is -0.0246. The maximum absolute atomic E-state index is 12.4. The topological polar surface area (TPSA) is 53.9 Å². The second kappa shape index (κ2) is 9.90. The van der Waals surface area contributed by atoms with Gasteiger partial charge >= 0.3 is 0 Å². The zero-order valence-corrected chi connectivity index (χ0v) is 18.6. The molecule has 5 nitrogen and oxygen atoms in total. The molecule has 1 fully saturated rings. The van der Waals surface area contributed by atoms with Gasteiger partial charge in [0.25, 0.3) is 0 Å². The lowest BCUT2D eigenvalue weighted by molar-refractivity contribution is -0.116. The summed E-state index contributed by atoms with van der Waals surface area (Å²) in [7, 11) is 1.98. The Kier molecular flexibility index (Phi) is 6.79. The van der Waals surface area contributed by atoms with Crippen LogP contribution < -0.4 is 10.1 Å². The number of halogens is 1. The van der Waals surface area contributed by atoms with Gasteiger partial charge in [0.15, 0.2) is 5.17 Å². The number of hydrogen-bond donors (Lipinski definition) is 1. The fraction of sp³-hybridized carbons (Fsp3) is 0.167. The first-order valence-electron chi connectivity index (χ1n) is 9.89. The van der Waals surface area contributed by atoms with Crippen molar-refractivity contribution >= 4 is 45.8 Å². The lowest BCUT2D eigenvalue weighted by Crippen LogP contribution is -2.33. The molecule has 0 aliphatic carbocycles. The Morgan fingerprint density at radius 2 is 1.74 bits per heavy atom. The molecular formula is C24H22ClN3O2S. The normalized spacial score (nSPS) is 17.0. The van der Waals surface area contributed by atoms with Crippen molar-refractivity contribution in [1.29, 1.82) is 0 Å². The van der Waals surface area contributed by atoms with Crippen LogP contribution in [-0.4, -0.2) is 34.8 Å². The molecule has 3 aromatic carbocycles. The molecule has 158 valence electrons. The molecule has 0 spiro atoms. The van der Waals surface area contributed by atoms with Crippen LogP contribution in [-0.2, 0) is 4.79 Å². The van der Waals surface area contributed by atoms with E-state index in [9.17, 15) is 4.79 Å². The monoisotopic (exact) mass is 451 g/mol. The van der Waals surface area contributed by atoms with E-state index in [1.54, 1.807) is 36.0 Å². The molecule has 0 aromatic heterocycles. The summed E-state index contributed by atoms with van der Waals surface area (Å²) >= 11 is 7.55. The molecule has 4 rings (SSSR count). The lowest BCUT2D eigenvalue weighted by atomic mass is 10.2. The minimum Gasteiger partial charge on any atom is -0.457 e. The molecule has 1 atom stereocenters. The minimum absolute atomic E-state index is 0.0246. The first-order valence-corrected chi connectivity index (χ1v) is 11.3. The molecule has 0 radical (unpaired) electrons. The van der Waals surface area contributed by atoms with E-state index in [4.69, 9.17) is 21.3 Å². The van der Waals surface area contributed by atoms with Crippen molar-refractivity contribution in [2.75, 3.05) is 18.1 Å². The molecule has 1 aliphatic rings. The average molecular weight is 452 g/mol. The number of amidine groups is 1. The Labute approximate surface area is 191 Å². The summed E-state index contributed by atoms with van der Waals surface area (Å²) in [5.41, 5.74) is 1.59. The van der Waals surface area contributed by atoms with E-state index in [0.29, 0.717) is 11.4 Å². The highest BCUT2D eigenvalue weighted by Crippen LogP contribution is 2.29. The SMILES string of the molecule is CN1C(=Nc2ccc(Oc3ccccc3)cc2)SCC1CC(=O)Nc1ccc(Cl)cc1. The Hall–Kier alpha value is -2.96. The van der Waals surface area contributed by atoms with Gasteiger partial charge in [-0.25, -0.2) is 4.99 Å². The van der Waals surface area contributed by atoms with E-state index >= 15 is 0 Å². The second-order valence-corrected chi connectivity index (χ2v) is 8.56. The summed E-state index contributed by atoms with van der Waals surface area (Å²) in [5.74, 6) is 2.36. The molecule has 0 bridgehead atoms. The highest BCUT2D eigenvalue weighted by Gasteiger charge is 2.29. The van der Waals surface area contributed by atoms with Crippen LogP contribution in [0, 0.1) is 0 Å². The van der Waals surface area contributed by atoms with E-state index in [2.05, 4.69) is 10.2 Å². The Morgan fingerprint density at radius 3 is 2.45 bits per heavy atom. The van der Waals surface area contributed by atoms with Crippen LogP contribution in [0.25, 0.3) is 0 Å². The summed E-state index contributed by atoms with van der Waals surface area (Å²) in [6.07, 6.45) is 0.398. The number of nitrogens with zero attached hydrogens (tertiary/aromatic N) is 2. The van der Waals surface area contributed by atoms with Gasteiger partial charge < -0.3 is 15.0 Å². The number of aliphatic imine (C=N–C) groups is 1. The van der Waals surface area contributed by atoms with Crippen LogP contribution >= 0.6 is 23.4 Å². The van der Waals surface area contributed by atoms with E-state index < -0.39 is 0 Å². The number of rotatable bonds is 6. The van der Waals surface area contributed by atoms with Gasteiger partial charge in [0.2, 0.25) is 5.91 Å². The molecule has 1 heterocycles. The number of nitrogens with one attached hydrogen (secondary N) is 1. The van der Waals surface area contributed by atoms with Crippen molar-refractivity contribution in [2.45, 2.75) is 12.5 Å². The van der Waals surface area contributed by atoms with Crippen LogP contribution in [0.15, 0.2) is 83.9 Å². The number of benzene rings is 3.